The Morgan fingerprint density at radius 1 is 0.833 bits per heavy atom. The van der Waals surface area contributed by atoms with Crippen LogP contribution in [-0.2, 0) is 0 Å². The van der Waals surface area contributed by atoms with Crippen molar-refractivity contribution in [1.82, 2.24) is 0 Å². The van der Waals surface area contributed by atoms with E-state index >= 15 is 0 Å². The molecule has 7 nitrogen and oxygen atoms in total. The quantitative estimate of drug-likeness (QED) is 0.433. The summed E-state index contributed by atoms with van der Waals surface area (Å²) in [4.78, 5) is 12.1. The van der Waals surface area contributed by atoms with Crippen molar-refractivity contribution in [3.8, 4) is 40.1 Å². The highest BCUT2D eigenvalue weighted by molar-refractivity contribution is 5.83. The van der Waals surface area contributed by atoms with Crippen LogP contribution in [0.3, 0.4) is 0 Å². The van der Waals surface area contributed by atoms with Crippen molar-refractivity contribution in [2.24, 2.45) is 0 Å². The molecule has 0 saturated heterocycles. The van der Waals surface area contributed by atoms with Crippen LogP contribution >= 0.6 is 0 Å². The third-order valence-corrected chi connectivity index (χ3v) is 3.18. The molecular weight excluding hydrogens is 316 g/mol. The summed E-state index contributed by atoms with van der Waals surface area (Å²) in [6.45, 7) is 4.00. The second-order valence-corrected chi connectivity index (χ2v) is 4.65. The maximum atomic E-state index is 12.1. The minimum Gasteiger partial charge on any atom is -0.508 e. The molecule has 3 rings (SSSR count). The van der Waals surface area contributed by atoms with E-state index in [2.05, 4.69) is 0 Å². The average Bonchev–Trinajstić information content (AvgIpc) is 2.57. The van der Waals surface area contributed by atoms with E-state index in [-0.39, 0.29) is 28.0 Å². The first-order valence-corrected chi connectivity index (χ1v) is 7.12. The Balaban J connectivity index is 0.00000100. The van der Waals surface area contributed by atoms with Gasteiger partial charge in [-0.1, -0.05) is 13.8 Å². The van der Waals surface area contributed by atoms with E-state index in [9.17, 15) is 30.3 Å². The second-order valence-electron chi connectivity index (χ2n) is 4.65. The monoisotopic (exact) mass is 332 g/mol. The van der Waals surface area contributed by atoms with Gasteiger partial charge < -0.3 is 29.9 Å². The fourth-order valence-electron chi connectivity index (χ4n) is 2.10. The van der Waals surface area contributed by atoms with Crippen LogP contribution in [0.4, 0.5) is 0 Å². The molecule has 0 aliphatic rings. The van der Waals surface area contributed by atoms with E-state index < -0.39 is 28.4 Å². The fraction of sp³-hybridized carbons (Fsp3) is 0.118. The predicted molar refractivity (Wildman–Crippen MR) is 87.6 cm³/mol. The molecule has 0 radical (unpaired) electrons. The van der Waals surface area contributed by atoms with Gasteiger partial charge in [0.05, 0.1) is 5.39 Å². The lowest BCUT2D eigenvalue weighted by Crippen LogP contribution is -2.02. The third-order valence-electron chi connectivity index (χ3n) is 3.18. The van der Waals surface area contributed by atoms with Crippen LogP contribution in [0.2, 0.25) is 0 Å². The lowest BCUT2D eigenvalue weighted by molar-refractivity contribution is 0.368. The zero-order valence-corrected chi connectivity index (χ0v) is 12.9. The molecule has 1 heterocycles. The normalized spacial score (nSPS) is 10.2. The molecule has 0 amide bonds. The van der Waals surface area contributed by atoms with Crippen molar-refractivity contribution in [1.29, 1.82) is 0 Å². The maximum absolute atomic E-state index is 12.1. The first kappa shape index (κ1) is 17.0. The van der Waals surface area contributed by atoms with Gasteiger partial charge in [-0.05, 0) is 24.3 Å². The summed E-state index contributed by atoms with van der Waals surface area (Å²) >= 11 is 0. The van der Waals surface area contributed by atoms with Crippen molar-refractivity contribution >= 4 is 11.0 Å². The van der Waals surface area contributed by atoms with Crippen molar-refractivity contribution in [3.63, 3.8) is 0 Å². The maximum Gasteiger partial charge on any atom is 0.235 e. The number of hydrogen-bond acceptors (Lipinski definition) is 7. The zero-order valence-electron chi connectivity index (χ0n) is 12.9. The molecule has 5 N–H and O–H groups in total. The van der Waals surface area contributed by atoms with Gasteiger partial charge in [0.15, 0.2) is 23.0 Å². The van der Waals surface area contributed by atoms with E-state index in [4.69, 9.17) is 4.42 Å². The minimum atomic E-state index is -0.733. The van der Waals surface area contributed by atoms with Gasteiger partial charge in [-0.2, -0.15) is 0 Å². The molecular formula is C17H16O7. The summed E-state index contributed by atoms with van der Waals surface area (Å²) in [5.74, 6) is -3.19. The van der Waals surface area contributed by atoms with Crippen molar-refractivity contribution in [2.75, 3.05) is 0 Å². The summed E-state index contributed by atoms with van der Waals surface area (Å²) in [6.07, 6.45) is 0. The summed E-state index contributed by atoms with van der Waals surface area (Å²) in [5, 5.41) is 47.8. The summed E-state index contributed by atoms with van der Waals surface area (Å²) in [7, 11) is 0. The number of hydrogen-bond donors (Lipinski definition) is 5. The van der Waals surface area contributed by atoms with Crippen molar-refractivity contribution in [3.05, 3.63) is 40.6 Å². The number of rotatable bonds is 1. The number of aromatic hydroxyl groups is 5. The largest absolute Gasteiger partial charge is 0.508 e. The van der Waals surface area contributed by atoms with Gasteiger partial charge in [-0.25, -0.2) is 0 Å². The molecule has 0 aliphatic heterocycles. The smallest absolute Gasteiger partial charge is 0.235 e. The Bertz CT molecular complexity index is 934. The first-order chi connectivity index (χ1) is 11.4. The molecule has 0 spiro atoms. The summed E-state index contributed by atoms with van der Waals surface area (Å²) in [5.41, 5.74) is -0.735. The molecule has 3 aromatic rings. The van der Waals surface area contributed by atoms with Gasteiger partial charge in [0.2, 0.25) is 11.2 Å². The van der Waals surface area contributed by atoms with Crippen molar-refractivity contribution < 1.29 is 29.9 Å². The molecule has 0 bridgehead atoms. The molecule has 0 aliphatic carbocycles. The van der Waals surface area contributed by atoms with Crippen LogP contribution in [0.15, 0.2) is 39.5 Å². The van der Waals surface area contributed by atoms with Gasteiger partial charge in [-0.15, -0.1) is 0 Å². The van der Waals surface area contributed by atoms with Crippen LogP contribution in [0, 0.1) is 0 Å². The molecule has 24 heavy (non-hydrogen) atoms. The molecule has 0 saturated carbocycles. The van der Waals surface area contributed by atoms with Gasteiger partial charge in [0.1, 0.15) is 11.3 Å². The van der Waals surface area contributed by atoms with E-state index in [0.717, 1.165) is 12.1 Å². The topological polar surface area (TPSA) is 131 Å². The molecule has 0 fully saturated rings. The van der Waals surface area contributed by atoms with Gasteiger partial charge >= 0.3 is 0 Å². The molecule has 7 heteroatoms. The van der Waals surface area contributed by atoms with E-state index in [1.807, 2.05) is 13.8 Å². The van der Waals surface area contributed by atoms with E-state index in [1.165, 1.54) is 18.2 Å². The molecule has 0 atom stereocenters. The van der Waals surface area contributed by atoms with Gasteiger partial charge in [0, 0.05) is 11.6 Å². The Labute approximate surface area is 136 Å². The lowest BCUT2D eigenvalue weighted by Gasteiger charge is -2.08. The number of benzene rings is 2. The highest BCUT2D eigenvalue weighted by atomic mass is 16.4. The molecule has 126 valence electrons. The van der Waals surface area contributed by atoms with Crippen LogP contribution < -0.4 is 5.43 Å². The molecule has 2 aromatic carbocycles. The lowest BCUT2D eigenvalue weighted by atomic mass is 10.1. The summed E-state index contributed by atoms with van der Waals surface area (Å²) < 4.78 is 5.38. The molecule has 0 unspecified atom stereocenters. The van der Waals surface area contributed by atoms with Crippen LogP contribution in [0.25, 0.3) is 22.3 Å². The predicted octanol–water partition coefficient (Wildman–Crippen LogP) is 3.01. The Morgan fingerprint density at radius 3 is 2.00 bits per heavy atom. The van der Waals surface area contributed by atoms with Gasteiger partial charge in [0.25, 0.3) is 0 Å². The number of phenols is 4. The number of phenolic OH excluding ortho intramolecular Hbond substituents is 4. The van der Waals surface area contributed by atoms with Gasteiger partial charge in [-0.3, -0.25) is 4.79 Å². The standard InChI is InChI=1S/C15H10O7.C2H6/c16-7-1-2-8-11(5-7)22-15(14(21)12(8)19)6-3-9(17)13(20)10(18)4-6;1-2/h1-5,16-18,20-21H;1-2H3. The zero-order chi connectivity index (χ0) is 18.0. The SMILES string of the molecule is CC.O=c1c(O)c(-c2cc(O)c(O)c(O)c2)oc2cc(O)ccc12. The molecule has 1 aromatic heterocycles. The Morgan fingerprint density at radius 2 is 1.42 bits per heavy atom. The number of fused-ring (bicyclic) bond motifs is 1. The Hall–Kier alpha value is -3.35. The van der Waals surface area contributed by atoms with Crippen molar-refractivity contribution in [2.45, 2.75) is 13.8 Å². The van der Waals surface area contributed by atoms with Crippen LogP contribution in [-0.4, -0.2) is 25.5 Å². The second kappa shape index (κ2) is 6.41. The van der Waals surface area contributed by atoms with E-state index in [0.29, 0.717) is 0 Å². The highest BCUT2D eigenvalue weighted by Crippen LogP contribution is 2.41. The minimum absolute atomic E-state index is 0.0184. The van der Waals surface area contributed by atoms with E-state index in [1.54, 1.807) is 0 Å². The first-order valence-electron chi connectivity index (χ1n) is 7.12. The average molecular weight is 332 g/mol. The highest BCUT2D eigenvalue weighted by Gasteiger charge is 2.18. The fourth-order valence-corrected chi connectivity index (χ4v) is 2.10. The Kier molecular flexibility index (Phi) is 4.54. The summed E-state index contributed by atoms with van der Waals surface area (Å²) in [6, 6.07) is 5.80. The van der Waals surface area contributed by atoms with Crippen LogP contribution in [0.5, 0.6) is 28.7 Å². The third kappa shape index (κ3) is 2.79. The van der Waals surface area contributed by atoms with Crippen LogP contribution in [0.1, 0.15) is 13.8 Å².